The van der Waals surface area contributed by atoms with Gasteiger partial charge in [-0.3, -0.25) is 4.79 Å². The van der Waals surface area contributed by atoms with Crippen molar-refractivity contribution in [3.05, 3.63) is 24.3 Å². The molecular weight excluding hydrogens is 294 g/mol. The molecular formula is C14H21NO5S. The summed E-state index contributed by atoms with van der Waals surface area (Å²) in [5.74, 6) is 1.31. The molecule has 0 radical (unpaired) electrons. The summed E-state index contributed by atoms with van der Waals surface area (Å²) in [6.07, 6.45) is 1.70. The minimum atomic E-state index is -3.00. The molecule has 0 spiro atoms. The first kappa shape index (κ1) is 17.3. The fourth-order valence-corrected chi connectivity index (χ4v) is 2.28. The largest absolute Gasteiger partial charge is 0.497 e. The van der Waals surface area contributed by atoms with Gasteiger partial charge in [0, 0.05) is 12.7 Å². The van der Waals surface area contributed by atoms with Gasteiger partial charge in [0.1, 0.15) is 27.9 Å². The quantitative estimate of drug-likeness (QED) is 0.688. The highest BCUT2D eigenvalue weighted by molar-refractivity contribution is 7.90. The van der Waals surface area contributed by atoms with E-state index in [1.165, 1.54) is 0 Å². The molecule has 21 heavy (non-hydrogen) atoms. The number of carbonyl (C=O) groups is 1. The molecule has 0 aliphatic rings. The lowest BCUT2D eigenvalue weighted by Crippen LogP contribution is -2.28. The Balaban J connectivity index is 2.14. The fraction of sp³-hybridized carbons (Fsp3) is 0.500. The number of rotatable bonds is 9. The zero-order valence-corrected chi connectivity index (χ0v) is 13.1. The Labute approximate surface area is 125 Å². The number of hydrogen-bond acceptors (Lipinski definition) is 5. The van der Waals surface area contributed by atoms with Crippen molar-refractivity contribution < 1.29 is 22.7 Å². The lowest BCUT2D eigenvalue weighted by Gasteiger charge is -2.08. The second-order valence-electron chi connectivity index (χ2n) is 4.61. The summed E-state index contributed by atoms with van der Waals surface area (Å²) in [7, 11) is -1.41. The van der Waals surface area contributed by atoms with Gasteiger partial charge in [0.05, 0.1) is 19.4 Å². The van der Waals surface area contributed by atoms with Crippen LogP contribution in [0.2, 0.25) is 0 Å². The first-order valence-electron chi connectivity index (χ1n) is 6.62. The number of ether oxygens (including phenoxy) is 2. The Morgan fingerprint density at radius 3 is 2.38 bits per heavy atom. The summed E-state index contributed by atoms with van der Waals surface area (Å²) in [6, 6.07) is 7.15. The van der Waals surface area contributed by atoms with E-state index in [4.69, 9.17) is 9.47 Å². The highest BCUT2D eigenvalue weighted by Crippen LogP contribution is 2.16. The second kappa shape index (κ2) is 8.51. The number of hydrogen-bond donors (Lipinski definition) is 1. The topological polar surface area (TPSA) is 81.7 Å². The van der Waals surface area contributed by atoms with Crippen LogP contribution in [0.25, 0.3) is 0 Å². The molecule has 1 rings (SSSR count). The normalized spacial score (nSPS) is 11.0. The SMILES string of the molecule is COc1ccc(OCCNC(=O)CCCS(C)(=O)=O)cc1. The third-order valence-electron chi connectivity index (χ3n) is 2.67. The van der Waals surface area contributed by atoms with Gasteiger partial charge in [0.15, 0.2) is 0 Å². The van der Waals surface area contributed by atoms with Crippen molar-refractivity contribution in [3.8, 4) is 11.5 Å². The van der Waals surface area contributed by atoms with Crippen molar-refractivity contribution in [2.75, 3.05) is 32.3 Å². The summed E-state index contributed by atoms with van der Waals surface area (Å²) in [4.78, 5) is 11.4. The average molecular weight is 315 g/mol. The van der Waals surface area contributed by atoms with Crippen molar-refractivity contribution in [2.24, 2.45) is 0 Å². The van der Waals surface area contributed by atoms with Crippen LogP contribution in [-0.2, 0) is 14.6 Å². The minimum absolute atomic E-state index is 0.0305. The molecule has 1 N–H and O–H groups in total. The van der Waals surface area contributed by atoms with Gasteiger partial charge >= 0.3 is 0 Å². The van der Waals surface area contributed by atoms with Crippen LogP contribution < -0.4 is 14.8 Å². The molecule has 0 unspecified atom stereocenters. The first-order chi connectivity index (χ1) is 9.90. The molecule has 0 atom stereocenters. The Kier molecular flexibility index (Phi) is 7.01. The van der Waals surface area contributed by atoms with Gasteiger partial charge in [-0.05, 0) is 30.7 Å². The Bertz CT molecular complexity index is 539. The molecule has 118 valence electrons. The van der Waals surface area contributed by atoms with Crippen LogP contribution in [-0.4, -0.2) is 46.6 Å². The third kappa shape index (κ3) is 8.19. The Morgan fingerprint density at radius 1 is 1.19 bits per heavy atom. The van der Waals surface area contributed by atoms with Gasteiger partial charge in [-0.15, -0.1) is 0 Å². The highest BCUT2D eigenvalue weighted by atomic mass is 32.2. The van der Waals surface area contributed by atoms with E-state index >= 15 is 0 Å². The van der Waals surface area contributed by atoms with Crippen LogP contribution in [0, 0.1) is 0 Å². The molecule has 1 aromatic carbocycles. The van der Waals surface area contributed by atoms with Gasteiger partial charge in [0.2, 0.25) is 5.91 Å². The van der Waals surface area contributed by atoms with E-state index in [2.05, 4.69) is 5.32 Å². The van der Waals surface area contributed by atoms with Crippen molar-refractivity contribution in [2.45, 2.75) is 12.8 Å². The van der Waals surface area contributed by atoms with E-state index in [1.807, 2.05) is 0 Å². The lowest BCUT2D eigenvalue weighted by molar-refractivity contribution is -0.121. The molecule has 0 saturated heterocycles. The molecule has 1 aromatic rings. The summed E-state index contributed by atoms with van der Waals surface area (Å²) in [5, 5.41) is 2.68. The van der Waals surface area contributed by atoms with Gasteiger partial charge in [-0.2, -0.15) is 0 Å². The summed E-state index contributed by atoms with van der Waals surface area (Å²) in [6.45, 7) is 0.730. The van der Waals surface area contributed by atoms with Crippen LogP contribution in [0.4, 0.5) is 0 Å². The van der Waals surface area contributed by atoms with E-state index in [1.54, 1.807) is 31.4 Å². The number of benzene rings is 1. The van der Waals surface area contributed by atoms with Crippen molar-refractivity contribution in [1.82, 2.24) is 5.32 Å². The molecule has 0 saturated carbocycles. The molecule has 0 heterocycles. The predicted octanol–water partition coefficient (Wildman–Crippen LogP) is 1.02. The van der Waals surface area contributed by atoms with Crippen LogP contribution >= 0.6 is 0 Å². The molecule has 7 heteroatoms. The zero-order chi connectivity index (χ0) is 15.7. The number of carbonyl (C=O) groups excluding carboxylic acids is 1. The van der Waals surface area contributed by atoms with Crippen LogP contribution in [0.3, 0.4) is 0 Å². The van der Waals surface area contributed by atoms with E-state index in [0.717, 1.165) is 12.0 Å². The van der Waals surface area contributed by atoms with Gasteiger partial charge in [-0.25, -0.2) is 8.42 Å². The predicted molar refractivity (Wildman–Crippen MR) is 80.4 cm³/mol. The lowest BCUT2D eigenvalue weighted by atomic mass is 10.3. The summed E-state index contributed by atoms with van der Waals surface area (Å²) in [5.41, 5.74) is 0. The molecule has 1 amide bonds. The Morgan fingerprint density at radius 2 is 1.81 bits per heavy atom. The minimum Gasteiger partial charge on any atom is -0.497 e. The fourth-order valence-electron chi connectivity index (χ4n) is 1.61. The standard InChI is InChI=1S/C14H21NO5S/c1-19-12-5-7-13(8-6-12)20-10-9-15-14(16)4-3-11-21(2,17)18/h5-8H,3-4,9-11H2,1-2H3,(H,15,16). The smallest absolute Gasteiger partial charge is 0.220 e. The monoisotopic (exact) mass is 315 g/mol. The van der Waals surface area contributed by atoms with E-state index in [-0.39, 0.29) is 18.1 Å². The van der Waals surface area contributed by atoms with Crippen molar-refractivity contribution in [1.29, 1.82) is 0 Å². The molecule has 6 nitrogen and oxygen atoms in total. The zero-order valence-electron chi connectivity index (χ0n) is 12.3. The van der Waals surface area contributed by atoms with Crippen LogP contribution in [0.15, 0.2) is 24.3 Å². The highest BCUT2D eigenvalue weighted by Gasteiger charge is 2.05. The van der Waals surface area contributed by atoms with Gasteiger partial charge < -0.3 is 14.8 Å². The van der Waals surface area contributed by atoms with E-state index < -0.39 is 9.84 Å². The average Bonchev–Trinajstić information content (AvgIpc) is 2.43. The van der Waals surface area contributed by atoms with Gasteiger partial charge in [0.25, 0.3) is 0 Å². The number of nitrogens with one attached hydrogen (secondary N) is 1. The molecule has 0 aliphatic carbocycles. The van der Waals surface area contributed by atoms with E-state index in [9.17, 15) is 13.2 Å². The molecule has 0 fully saturated rings. The maximum absolute atomic E-state index is 11.4. The molecule has 0 aliphatic heterocycles. The Hall–Kier alpha value is -1.76. The second-order valence-corrected chi connectivity index (χ2v) is 6.87. The van der Waals surface area contributed by atoms with E-state index in [0.29, 0.717) is 25.3 Å². The van der Waals surface area contributed by atoms with Crippen LogP contribution in [0.1, 0.15) is 12.8 Å². The van der Waals surface area contributed by atoms with Crippen molar-refractivity contribution in [3.63, 3.8) is 0 Å². The molecule has 0 bridgehead atoms. The number of methoxy groups -OCH3 is 1. The van der Waals surface area contributed by atoms with Crippen LogP contribution in [0.5, 0.6) is 11.5 Å². The van der Waals surface area contributed by atoms with Crippen molar-refractivity contribution >= 4 is 15.7 Å². The molecule has 0 aromatic heterocycles. The first-order valence-corrected chi connectivity index (χ1v) is 8.68. The maximum atomic E-state index is 11.4. The third-order valence-corrected chi connectivity index (χ3v) is 3.70. The number of amides is 1. The van der Waals surface area contributed by atoms with Gasteiger partial charge in [-0.1, -0.05) is 0 Å². The number of sulfone groups is 1. The summed E-state index contributed by atoms with van der Waals surface area (Å²) >= 11 is 0. The summed E-state index contributed by atoms with van der Waals surface area (Å²) < 4.78 is 32.3. The maximum Gasteiger partial charge on any atom is 0.220 e.